The van der Waals surface area contributed by atoms with E-state index in [-0.39, 0.29) is 30.2 Å². The predicted octanol–water partition coefficient (Wildman–Crippen LogP) is 6.01. The molecule has 4 heteroatoms. The second-order valence-electron chi connectivity index (χ2n) is 9.01. The lowest BCUT2D eigenvalue weighted by molar-refractivity contribution is -0.148. The molecule has 0 fully saturated rings. The lowest BCUT2D eigenvalue weighted by atomic mass is 9.69. The fourth-order valence-corrected chi connectivity index (χ4v) is 5.16. The molecule has 1 aliphatic carbocycles. The summed E-state index contributed by atoms with van der Waals surface area (Å²) in [5.74, 6) is -1.19. The highest BCUT2D eigenvalue weighted by Crippen LogP contribution is 2.46. The molecule has 3 atom stereocenters. The minimum Gasteiger partial charge on any atom is -0.460 e. The smallest absolute Gasteiger partial charge is 0.315 e. The molecule has 0 aromatic heterocycles. The first-order chi connectivity index (χ1) is 16.6. The molecule has 34 heavy (non-hydrogen) atoms. The SMILES string of the molecule is CC1=NC2=C(C(=O)C[C@@H](c3ccccc3)C2)[C@@H](c2ccccc2)C1C(=O)OCc1ccccc1. The number of aliphatic imine (C=N–C) groups is 1. The van der Waals surface area contributed by atoms with E-state index in [1.807, 2.05) is 85.8 Å². The number of hydrogen-bond acceptors (Lipinski definition) is 4. The van der Waals surface area contributed by atoms with Crippen LogP contribution in [0.15, 0.2) is 107 Å². The minimum absolute atomic E-state index is 0.0704. The number of esters is 1. The number of carbonyl (C=O) groups excluding carboxylic acids is 2. The first kappa shape index (κ1) is 22.0. The van der Waals surface area contributed by atoms with E-state index in [1.165, 1.54) is 0 Å². The number of nitrogens with zero attached hydrogens (tertiary/aromatic N) is 1. The molecule has 0 N–H and O–H groups in total. The number of ether oxygens (including phenoxy) is 1. The molecule has 1 unspecified atom stereocenters. The Morgan fingerprint density at radius 1 is 0.853 bits per heavy atom. The van der Waals surface area contributed by atoms with Crippen molar-refractivity contribution in [3.05, 3.63) is 119 Å². The zero-order valence-electron chi connectivity index (χ0n) is 19.2. The summed E-state index contributed by atoms with van der Waals surface area (Å²) in [5.41, 5.74) is 5.20. The monoisotopic (exact) mass is 449 g/mol. The number of ketones is 1. The second-order valence-corrected chi connectivity index (χ2v) is 9.01. The summed E-state index contributed by atoms with van der Waals surface area (Å²) in [4.78, 5) is 31.8. The van der Waals surface area contributed by atoms with E-state index in [1.54, 1.807) is 0 Å². The van der Waals surface area contributed by atoms with Crippen molar-refractivity contribution in [2.45, 2.75) is 38.2 Å². The molecule has 2 aliphatic rings. The van der Waals surface area contributed by atoms with Crippen molar-refractivity contribution < 1.29 is 14.3 Å². The summed E-state index contributed by atoms with van der Waals surface area (Å²) in [6.45, 7) is 2.08. The van der Waals surface area contributed by atoms with Crippen LogP contribution in [-0.4, -0.2) is 17.5 Å². The van der Waals surface area contributed by atoms with E-state index in [0.717, 1.165) is 22.4 Å². The van der Waals surface area contributed by atoms with E-state index in [9.17, 15) is 9.59 Å². The number of allylic oxidation sites excluding steroid dienone is 2. The Kier molecular flexibility index (Phi) is 6.22. The van der Waals surface area contributed by atoms with Gasteiger partial charge in [0, 0.05) is 29.3 Å². The molecule has 0 bridgehead atoms. The number of Topliss-reactive ketones (excluding diaryl/α,β-unsaturated/α-hetero) is 1. The molecule has 3 aromatic rings. The summed E-state index contributed by atoms with van der Waals surface area (Å²) < 4.78 is 5.74. The van der Waals surface area contributed by atoms with E-state index in [2.05, 4.69) is 12.1 Å². The van der Waals surface area contributed by atoms with Gasteiger partial charge in [0.25, 0.3) is 0 Å². The zero-order valence-corrected chi connectivity index (χ0v) is 19.2. The van der Waals surface area contributed by atoms with Crippen molar-refractivity contribution in [3.8, 4) is 0 Å². The number of hydrogen-bond donors (Lipinski definition) is 0. The van der Waals surface area contributed by atoms with Gasteiger partial charge in [-0.2, -0.15) is 0 Å². The van der Waals surface area contributed by atoms with Gasteiger partial charge in [-0.3, -0.25) is 14.6 Å². The largest absolute Gasteiger partial charge is 0.460 e. The van der Waals surface area contributed by atoms with Crippen LogP contribution in [0.25, 0.3) is 0 Å². The van der Waals surface area contributed by atoms with Gasteiger partial charge < -0.3 is 4.74 Å². The van der Waals surface area contributed by atoms with E-state index < -0.39 is 5.92 Å². The molecular weight excluding hydrogens is 422 g/mol. The van der Waals surface area contributed by atoms with Gasteiger partial charge in [-0.25, -0.2) is 0 Å². The van der Waals surface area contributed by atoms with Crippen LogP contribution in [-0.2, 0) is 20.9 Å². The topological polar surface area (TPSA) is 55.7 Å². The summed E-state index contributed by atoms with van der Waals surface area (Å²) in [5, 5.41) is 0. The Morgan fingerprint density at radius 3 is 2.09 bits per heavy atom. The Bertz CT molecular complexity index is 1250. The molecule has 0 spiro atoms. The van der Waals surface area contributed by atoms with Crippen LogP contribution in [0.5, 0.6) is 0 Å². The highest BCUT2D eigenvalue weighted by Gasteiger charge is 2.44. The first-order valence-corrected chi connectivity index (χ1v) is 11.7. The van der Waals surface area contributed by atoms with Gasteiger partial charge in [0.05, 0.1) is 0 Å². The lowest BCUT2D eigenvalue weighted by Crippen LogP contribution is -2.38. The molecule has 0 amide bonds. The van der Waals surface area contributed by atoms with E-state index in [4.69, 9.17) is 9.73 Å². The molecule has 0 saturated heterocycles. The minimum atomic E-state index is -0.623. The lowest BCUT2D eigenvalue weighted by Gasteiger charge is -2.36. The standard InChI is InChI=1S/C30H27NO3/c1-20-27(30(33)34-19-21-11-5-2-6-12-21)28(23-15-9-4-10-16-23)29-25(31-20)17-24(18-26(29)32)22-13-7-3-8-14-22/h2-16,24,27-28H,17-19H2,1H3/t24-,27?,28-/m0/s1. The Morgan fingerprint density at radius 2 is 1.44 bits per heavy atom. The van der Waals surface area contributed by atoms with Crippen molar-refractivity contribution in [1.29, 1.82) is 0 Å². The van der Waals surface area contributed by atoms with Crippen molar-refractivity contribution in [2.75, 3.05) is 0 Å². The maximum atomic E-state index is 13.6. The maximum absolute atomic E-state index is 13.6. The normalized spacial score (nSPS) is 22.1. The molecule has 0 saturated carbocycles. The van der Waals surface area contributed by atoms with Crippen LogP contribution in [0.4, 0.5) is 0 Å². The number of benzene rings is 3. The zero-order chi connectivity index (χ0) is 23.5. The average Bonchev–Trinajstić information content (AvgIpc) is 2.88. The van der Waals surface area contributed by atoms with Crippen LogP contribution in [0, 0.1) is 5.92 Å². The molecule has 1 heterocycles. The fraction of sp³-hybridized carbons (Fsp3) is 0.233. The van der Waals surface area contributed by atoms with Gasteiger partial charge in [-0.1, -0.05) is 91.0 Å². The maximum Gasteiger partial charge on any atom is 0.315 e. The third-order valence-corrected chi connectivity index (χ3v) is 6.80. The highest BCUT2D eigenvalue weighted by molar-refractivity contribution is 6.09. The molecular formula is C30H27NO3. The van der Waals surface area contributed by atoms with Crippen LogP contribution in [0.3, 0.4) is 0 Å². The number of carbonyl (C=O) groups is 2. The Hall–Kier alpha value is -3.79. The summed E-state index contributed by atoms with van der Waals surface area (Å²) in [7, 11) is 0. The van der Waals surface area contributed by atoms with Crippen molar-refractivity contribution in [2.24, 2.45) is 10.9 Å². The van der Waals surface area contributed by atoms with Gasteiger partial charge in [0.15, 0.2) is 5.78 Å². The Balaban J connectivity index is 1.49. The Labute approximate surface area is 200 Å². The van der Waals surface area contributed by atoms with Gasteiger partial charge in [0.2, 0.25) is 0 Å². The molecule has 5 rings (SSSR count). The fourth-order valence-electron chi connectivity index (χ4n) is 5.16. The summed E-state index contributed by atoms with van der Waals surface area (Å²) >= 11 is 0. The second kappa shape index (κ2) is 9.60. The summed E-state index contributed by atoms with van der Waals surface area (Å²) in [6.07, 6.45) is 1.12. The molecule has 3 aromatic carbocycles. The molecule has 1 aliphatic heterocycles. The molecule has 4 nitrogen and oxygen atoms in total. The summed E-state index contributed by atoms with van der Waals surface area (Å²) in [6, 6.07) is 29.6. The van der Waals surface area contributed by atoms with Gasteiger partial charge >= 0.3 is 5.97 Å². The van der Waals surface area contributed by atoms with Crippen molar-refractivity contribution in [3.63, 3.8) is 0 Å². The quantitative estimate of drug-likeness (QED) is 0.449. The van der Waals surface area contributed by atoms with Crippen molar-refractivity contribution >= 4 is 17.5 Å². The van der Waals surface area contributed by atoms with E-state index in [0.29, 0.717) is 24.1 Å². The highest BCUT2D eigenvalue weighted by atomic mass is 16.5. The van der Waals surface area contributed by atoms with Crippen LogP contribution < -0.4 is 0 Å². The van der Waals surface area contributed by atoms with Gasteiger partial charge in [-0.05, 0) is 36.0 Å². The van der Waals surface area contributed by atoms with Crippen LogP contribution in [0.2, 0.25) is 0 Å². The molecule has 0 radical (unpaired) electrons. The first-order valence-electron chi connectivity index (χ1n) is 11.7. The van der Waals surface area contributed by atoms with Gasteiger partial charge in [-0.15, -0.1) is 0 Å². The third-order valence-electron chi connectivity index (χ3n) is 6.80. The van der Waals surface area contributed by atoms with Crippen LogP contribution >= 0.6 is 0 Å². The predicted molar refractivity (Wildman–Crippen MR) is 132 cm³/mol. The van der Waals surface area contributed by atoms with Crippen LogP contribution in [0.1, 0.15) is 48.3 Å². The van der Waals surface area contributed by atoms with Crippen molar-refractivity contribution in [1.82, 2.24) is 0 Å². The van der Waals surface area contributed by atoms with Gasteiger partial charge in [0.1, 0.15) is 12.5 Å². The van der Waals surface area contributed by atoms with E-state index >= 15 is 0 Å². The third kappa shape index (κ3) is 4.36. The average molecular weight is 450 g/mol. The number of rotatable bonds is 5. The molecule has 170 valence electrons.